The fourth-order valence-corrected chi connectivity index (χ4v) is 3.71. The van der Waals surface area contributed by atoms with Crippen LogP contribution < -0.4 is 10.9 Å². The van der Waals surface area contributed by atoms with Gasteiger partial charge in [-0.25, -0.2) is 4.98 Å². The number of carbonyl (C=O) groups excluding carboxylic acids is 1. The second-order valence-electron chi connectivity index (χ2n) is 6.33. The molecule has 1 aromatic heterocycles. The van der Waals surface area contributed by atoms with Gasteiger partial charge in [0.15, 0.2) is 5.16 Å². The molecule has 0 fully saturated rings. The van der Waals surface area contributed by atoms with E-state index in [4.69, 9.17) is 4.74 Å². The van der Waals surface area contributed by atoms with Crippen LogP contribution in [-0.2, 0) is 16.1 Å². The number of thioether (sulfide) groups is 1. The molecule has 0 saturated heterocycles. The third-order valence-corrected chi connectivity index (χ3v) is 5.34. The summed E-state index contributed by atoms with van der Waals surface area (Å²) in [5, 5.41) is 3.59. The highest BCUT2D eigenvalue weighted by atomic mass is 32.2. The molecule has 28 heavy (non-hydrogen) atoms. The molecule has 3 rings (SSSR count). The van der Waals surface area contributed by atoms with E-state index >= 15 is 0 Å². The van der Waals surface area contributed by atoms with Gasteiger partial charge in [-0.15, -0.1) is 0 Å². The number of fused-ring (bicyclic) bond motifs is 1. The lowest BCUT2D eigenvalue weighted by molar-refractivity contribution is -0.115. The summed E-state index contributed by atoms with van der Waals surface area (Å²) in [5.41, 5.74) is 1.28. The highest BCUT2D eigenvalue weighted by molar-refractivity contribution is 8.00. The molecule has 1 atom stereocenters. The van der Waals surface area contributed by atoms with Crippen LogP contribution in [0.15, 0.2) is 64.5 Å². The number of nitrogens with one attached hydrogen (secondary N) is 1. The van der Waals surface area contributed by atoms with Crippen molar-refractivity contribution in [2.75, 3.05) is 19.0 Å². The first-order valence-corrected chi connectivity index (χ1v) is 9.99. The molecule has 1 amide bonds. The maximum atomic E-state index is 13.0. The number of para-hydroxylation sites is 2. The predicted octanol–water partition coefficient (Wildman–Crippen LogP) is 3.55. The van der Waals surface area contributed by atoms with Crippen molar-refractivity contribution in [3.05, 3.63) is 65.0 Å². The number of nitrogens with zero attached hydrogens (tertiary/aromatic N) is 2. The van der Waals surface area contributed by atoms with Gasteiger partial charge < -0.3 is 10.1 Å². The monoisotopic (exact) mass is 397 g/mol. The summed E-state index contributed by atoms with van der Waals surface area (Å²) in [4.78, 5) is 30.2. The summed E-state index contributed by atoms with van der Waals surface area (Å²) in [6, 6.07) is 16.6. The average Bonchev–Trinajstić information content (AvgIpc) is 2.71. The van der Waals surface area contributed by atoms with Crippen molar-refractivity contribution in [3.63, 3.8) is 0 Å². The zero-order valence-electron chi connectivity index (χ0n) is 15.9. The number of aromatic nitrogens is 2. The summed E-state index contributed by atoms with van der Waals surface area (Å²) < 4.78 is 6.75. The molecule has 0 aliphatic carbocycles. The van der Waals surface area contributed by atoms with E-state index in [2.05, 4.69) is 10.3 Å². The number of methoxy groups -OCH3 is 1. The first kappa shape index (κ1) is 20.1. The maximum absolute atomic E-state index is 13.0. The van der Waals surface area contributed by atoms with Crippen LogP contribution in [0.2, 0.25) is 0 Å². The third-order valence-electron chi connectivity index (χ3n) is 4.25. The van der Waals surface area contributed by atoms with E-state index in [-0.39, 0.29) is 11.5 Å². The molecule has 1 unspecified atom stereocenters. The lowest BCUT2D eigenvalue weighted by atomic mass is 10.2. The Hall–Kier alpha value is -2.64. The van der Waals surface area contributed by atoms with Crippen molar-refractivity contribution in [3.8, 4) is 0 Å². The first-order valence-electron chi connectivity index (χ1n) is 9.11. The fraction of sp³-hybridized carbons (Fsp3) is 0.286. The summed E-state index contributed by atoms with van der Waals surface area (Å²) in [6.07, 6.45) is 0.689. The topological polar surface area (TPSA) is 73.2 Å². The van der Waals surface area contributed by atoms with Crippen LogP contribution in [0.4, 0.5) is 5.69 Å². The van der Waals surface area contributed by atoms with Crippen molar-refractivity contribution in [2.24, 2.45) is 0 Å². The van der Waals surface area contributed by atoms with Gasteiger partial charge in [-0.05, 0) is 37.6 Å². The van der Waals surface area contributed by atoms with Crippen LogP contribution in [0.1, 0.15) is 13.3 Å². The Morgan fingerprint density at radius 3 is 2.64 bits per heavy atom. The number of benzene rings is 2. The number of carbonyl (C=O) groups is 1. The van der Waals surface area contributed by atoms with Gasteiger partial charge >= 0.3 is 0 Å². The molecule has 2 aromatic carbocycles. The van der Waals surface area contributed by atoms with E-state index in [1.807, 2.05) is 55.5 Å². The van der Waals surface area contributed by atoms with Crippen LogP contribution in [0.5, 0.6) is 0 Å². The van der Waals surface area contributed by atoms with Gasteiger partial charge in [0, 0.05) is 25.9 Å². The van der Waals surface area contributed by atoms with Gasteiger partial charge in [-0.2, -0.15) is 0 Å². The molecule has 0 bridgehead atoms. The van der Waals surface area contributed by atoms with E-state index in [0.29, 0.717) is 35.6 Å². The second-order valence-corrected chi connectivity index (χ2v) is 7.64. The Balaban J connectivity index is 1.86. The van der Waals surface area contributed by atoms with Crippen LogP contribution in [0.25, 0.3) is 10.9 Å². The van der Waals surface area contributed by atoms with E-state index in [9.17, 15) is 9.59 Å². The molecule has 6 nitrogen and oxygen atoms in total. The summed E-state index contributed by atoms with van der Waals surface area (Å²) in [7, 11) is 1.63. The zero-order valence-corrected chi connectivity index (χ0v) is 16.7. The molecule has 7 heteroatoms. The summed E-state index contributed by atoms with van der Waals surface area (Å²) >= 11 is 1.28. The third kappa shape index (κ3) is 4.79. The smallest absolute Gasteiger partial charge is 0.262 e. The largest absolute Gasteiger partial charge is 0.385 e. The Kier molecular flexibility index (Phi) is 6.84. The van der Waals surface area contributed by atoms with Crippen molar-refractivity contribution < 1.29 is 9.53 Å². The van der Waals surface area contributed by atoms with Gasteiger partial charge in [0.1, 0.15) is 0 Å². The van der Waals surface area contributed by atoms with Crippen molar-refractivity contribution in [2.45, 2.75) is 30.3 Å². The number of hydrogen-bond donors (Lipinski definition) is 1. The Labute approximate surface area is 167 Å². The lowest BCUT2D eigenvalue weighted by Gasteiger charge is -2.16. The van der Waals surface area contributed by atoms with Gasteiger partial charge in [0.05, 0.1) is 16.2 Å². The van der Waals surface area contributed by atoms with Crippen LogP contribution >= 0.6 is 11.8 Å². The minimum absolute atomic E-state index is 0.0973. The molecule has 1 heterocycles. The molecule has 1 N–H and O–H groups in total. The highest BCUT2D eigenvalue weighted by Crippen LogP contribution is 2.24. The predicted molar refractivity (Wildman–Crippen MR) is 113 cm³/mol. The van der Waals surface area contributed by atoms with Crippen LogP contribution in [0.3, 0.4) is 0 Å². The molecule has 3 aromatic rings. The Morgan fingerprint density at radius 1 is 1.18 bits per heavy atom. The van der Waals surface area contributed by atoms with E-state index in [1.54, 1.807) is 17.7 Å². The first-order chi connectivity index (χ1) is 13.6. The highest BCUT2D eigenvalue weighted by Gasteiger charge is 2.19. The lowest BCUT2D eigenvalue weighted by Crippen LogP contribution is -2.27. The number of ether oxygens (including phenoxy) is 1. The molecule has 0 aliphatic rings. The van der Waals surface area contributed by atoms with E-state index in [1.165, 1.54) is 11.8 Å². The zero-order chi connectivity index (χ0) is 19.9. The fourth-order valence-electron chi connectivity index (χ4n) is 2.78. The Bertz CT molecular complexity index is 1000. The molecule has 0 spiro atoms. The summed E-state index contributed by atoms with van der Waals surface area (Å²) in [5.74, 6) is -0.137. The minimum atomic E-state index is -0.415. The van der Waals surface area contributed by atoms with Crippen molar-refractivity contribution in [1.82, 2.24) is 9.55 Å². The molecule has 0 radical (unpaired) electrons. The number of amides is 1. The molecule has 0 aliphatic heterocycles. The van der Waals surface area contributed by atoms with Crippen molar-refractivity contribution >= 4 is 34.3 Å². The average molecular weight is 398 g/mol. The van der Waals surface area contributed by atoms with Gasteiger partial charge in [0.25, 0.3) is 5.56 Å². The van der Waals surface area contributed by atoms with Crippen LogP contribution in [-0.4, -0.2) is 34.4 Å². The number of hydrogen-bond acceptors (Lipinski definition) is 5. The summed E-state index contributed by atoms with van der Waals surface area (Å²) in [6.45, 7) is 2.84. The van der Waals surface area contributed by atoms with Crippen molar-refractivity contribution in [1.29, 1.82) is 0 Å². The molecular weight excluding hydrogens is 374 g/mol. The normalized spacial score (nSPS) is 12.1. The molecule has 0 saturated carbocycles. The molecular formula is C21H23N3O3S. The quantitative estimate of drug-likeness (QED) is 0.357. The van der Waals surface area contributed by atoms with E-state index < -0.39 is 5.25 Å². The van der Waals surface area contributed by atoms with E-state index in [0.717, 1.165) is 5.69 Å². The van der Waals surface area contributed by atoms with Gasteiger partial charge in [-0.1, -0.05) is 42.1 Å². The molecule has 146 valence electrons. The van der Waals surface area contributed by atoms with Gasteiger partial charge in [0.2, 0.25) is 5.91 Å². The van der Waals surface area contributed by atoms with Crippen LogP contribution in [0, 0.1) is 0 Å². The second kappa shape index (κ2) is 9.52. The Morgan fingerprint density at radius 2 is 1.89 bits per heavy atom. The standard InChI is InChI=1S/C21H23N3O3S/c1-15(19(25)22-16-9-4-3-5-10-16)28-21-23-18-12-7-6-11-17(18)20(26)24(21)13-8-14-27-2/h3-7,9-12,15H,8,13-14H2,1-2H3,(H,22,25). The minimum Gasteiger partial charge on any atom is -0.385 e. The number of rotatable bonds is 8. The maximum Gasteiger partial charge on any atom is 0.262 e. The SMILES string of the molecule is COCCCn1c(SC(C)C(=O)Nc2ccccc2)nc2ccccc2c1=O. The van der Waals surface area contributed by atoms with Gasteiger partial charge in [-0.3, -0.25) is 14.2 Å². The number of anilines is 1.